The van der Waals surface area contributed by atoms with Crippen LogP contribution in [0.1, 0.15) is 50.5 Å². The second-order valence-electron chi connectivity index (χ2n) is 5.89. The van der Waals surface area contributed by atoms with Crippen molar-refractivity contribution in [1.29, 1.82) is 0 Å². The third-order valence-corrected chi connectivity index (χ3v) is 4.62. The van der Waals surface area contributed by atoms with Crippen molar-refractivity contribution in [2.45, 2.75) is 51.0 Å². The molecule has 1 amide bonds. The molecular formula is C17H24N2OS. The molecule has 1 aliphatic rings. The Balaban J connectivity index is 2.04. The van der Waals surface area contributed by atoms with Gasteiger partial charge in [-0.2, -0.15) is 0 Å². The molecule has 3 unspecified atom stereocenters. The SMILES string of the molecule is CCC1CCCC(NC(=O)C(C(N)=S)c2ccccc2)C1. The number of hydrogen-bond donors (Lipinski definition) is 2. The van der Waals surface area contributed by atoms with Gasteiger partial charge in [-0.05, 0) is 24.3 Å². The van der Waals surface area contributed by atoms with E-state index in [9.17, 15) is 4.79 Å². The summed E-state index contributed by atoms with van der Waals surface area (Å²) >= 11 is 5.11. The number of nitrogens with two attached hydrogens (primary N) is 1. The largest absolute Gasteiger partial charge is 0.392 e. The van der Waals surface area contributed by atoms with Crippen LogP contribution in [0.5, 0.6) is 0 Å². The van der Waals surface area contributed by atoms with Gasteiger partial charge in [-0.3, -0.25) is 4.79 Å². The van der Waals surface area contributed by atoms with Crippen LogP contribution < -0.4 is 11.1 Å². The molecule has 114 valence electrons. The highest BCUT2D eigenvalue weighted by atomic mass is 32.1. The van der Waals surface area contributed by atoms with E-state index in [1.807, 2.05) is 30.3 Å². The summed E-state index contributed by atoms with van der Waals surface area (Å²) in [7, 11) is 0. The second kappa shape index (κ2) is 7.55. The summed E-state index contributed by atoms with van der Waals surface area (Å²) in [5.41, 5.74) is 6.66. The maximum Gasteiger partial charge on any atom is 0.234 e. The number of benzene rings is 1. The molecule has 3 N–H and O–H groups in total. The molecule has 0 aliphatic heterocycles. The van der Waals surface area contributed by atoms with Crippen LogP contribution in [0.2, 0.25) is 0 Å². The van der Waals surface area contributed by atoms with Gasteiger partial charge >= 0.3 is 0 Å². The van der Waals surface area contributed by atoms with Crippen molar-refractivity contribution < 1.29 is 4.79 Å². The lowest BCUT2D eigenvalue weighted by Gasteiger charge is -2.30. The van der Waals surface area contributed by atoms with E-state index in [2.05, 4.69) is 12.2 Å². The Morgan fingerprint density at radius 2 is 2.10 bits per heavy atom. The summed E-state index contributed by atoms with van der Waals surface area (Å²) in [6, 6.07) is 9.80. The zero-order valence-corrected chi connectivity index (χ0v) is 13.4. The fraction of sp³-hybridized carbons (Fsp3) is 0.529. The Labute approximate surface area is 132 Å². The Hall–Kier alpha value is -1.42. The van der Waals surface area contributed by atoms with E-state index in [0.29, 0.717) is 0 Å². The summed E-state index contributed by atoms with van der Waals surface area (Å²) in [5.74, 6) is 0.141. The van der Waals surface area contributed by atoms with Crippen LogP contribution in [0.25, 0.3) is 0 Å². The molecule has 1 aliphatic carbocycles. The molecule has 0 heterocycles. The molecule has 0 aromatic heterocycles. The summed E-state index contributed by atoms with van der Waals surface area (Å²) < 4.78 is 0. The molecule has 0 bridgehead atoms. The number of nitrogens with one attached hydrogen (secondary N) is 1. The van der Waals surface area contributed by atoms with Crippen LogP contribution in [-0.4, -0.2) is 16.9 Å². The average molecular weight is 304 g/mol. The zero-order valence-electron chi connectivity index (χ0n) is 12.5. The molecule has 21 heavy (non-hydrogen) atoms. The lowest BCUT2D eigenvalue weighted by molar-refractivity contribution is -0.122. The fourth-order valence-electron chi connectivity index (χ4n) is 3.17. The first-order chi connectivity index (χ1) is 10.1. The van der Waals surface area contributed by atoms with Crippen molar-refractivity contribution in [2.24, 2.45) is 11.7 Å². The highest BCUT2D eigenvalue weighted by Crippen LogP contribution is 2.27. The summed E-state index contributed by atoms with van der Waals surface area (Å²) in [6.07, 6.45) is 5.78. The minimum Gasteiger partial charge on any atom is -0.392 e. The van der Waals surface area contributed by atoms with Crippen LogP contribution >= 0.6 is 12.2 Å². The summed E-state index contributed by atoms with van der Waals surface area (Å²) in [4.78, 5) is 12.8. The normalized spacial score (nSPS) is 23.3. The highest BCUT2D eigenvalue weighted by Gasteiger charge is 2.28. The molecule has 0 saturated heterocycles. The monoisotopic (exact) mass is 304 g/mol. The Morgan fingerprint density at radius 3 is 2.71 bits per heavy atom. The second-order valence-corrected chi connectivity index (χ2v) is 6.36. The van der Waals surface area contributed by atoms with E-state index in [0.717, 1.165) is 24.3 Å². The van der Waals surface area contributed by atoms with Gasteiger partial charge in [0.25, 0.3) is 0 Å². The number of thiocarbonyl (C=S) groups is 1. The van der Waals surface area contributed by atoms with Gasteiger partial charge in [-0.1, -0.05) is 68.7 Å². The van der Waals surface area contributed by atoms with E-state index in [1.165, 1.54) is 19.3 Å². The summed E-state index contributed by atoms with van der Waals surface area (Å²) in [6.45, 7) is 2.22. The van der Waals surface area contributed by atoms with E-state index >= 15 is 0 Å². The van der Waals surface area contributed by atoms with Crippen molar-refractivity contribution >= 4 is 23.1 Å². The Bertz CT molecular complexity index is 489. The molecule has 0 spiro atoms. The summed E-state index contributed by atoms with van der Waals surface area (Å²) in [5, 5.41) is 3.16. The molecule has 3 atom stereocenters. The van der Waals surface area contributed by atoms with Crippen LogP contribution in [0.3, 0.4) is 0 Å². The lowest BCUT2D eigenvalue weighted by Crippen LogP contribution is -2.43. The molecule has 1 aromatic carbocycles. The van der Waals surface area contributed by atoms with Gasteiger partial charge in [0.1, 0.15) is 5.92 Å². The van der Waals surface area contributed by atoms with Crippen LogP contribution in [0.15, 0.2) is 30.3 Å². The van der Waals surface area contributed by atoms with Crippen molar-refractivity contribution in [2.75, 3.05) is 0 Å². The van der Waals surface area contributed by atoms with E-state index in [1.54, 1.807) is 0 Å². The van der Waals surface area contributed by atoms with Gasteiger partial charge in [0.2, 0.25) is 5.91 Å². The fourth-order valence-corrected chi connectivity index (χ4v) is 3.41. The molecule has 1 saturated carbocycles. The number of carbonyl (C=O) groups excluding carboxylic acids is 1. The van der Waals surface area contributed by atoms with Crippen LogP contribution in [-0.2, 0) is 4.79 Å². The van der Waals surface area contributed by atoms with Gasteiger partial charge in [0.15, 0.2) is 0 Å². The van der Waals surface area contributed by atoms with Crippen molar-refractivity contribution in [3.63, 3.8) is 0 Å². The highest BCUT2D eigenvalue weighted by molar-refractivity contribution is 7.80. The number of hydrogen-bond acceptors (Lipinski definition) is 2. The lowest BCUT2D eigenvalue weighted by atomic mass is 9.84. The van der Waals surface area contributed by atoms with E-state index in [4.69, 9.17) is 18.0 Å². The standard InChI is InChI=1S/C17H24N2OS/c1-2-12-7-6-10-14(11-12)19-17(20)15(16(18)21)13-8-4-3-5-9-13/h3-5,8-9,12,14-15H,2,6-7,10-11H2,1H3,(H2,18,21)(H,19,20). The minimum absolute atomic E-state index is 0.0598. The molecule has 1 aromatic rings. The predicted molar refractivity (Wildman–Crippen MR) is 90.1 cm³/mol. The first-order valence-electron chi connectivity index (χ1n) is 7.76. The Morgan fingerprint density at radius 1 is 1.38 bits per heavy atom. The van der Waals surface area contributed by atoms with Gasteiger partial charge in [-0.25, -0.2) is 0 Å². The predicted octanol–water partition coefficient (Wildman–Crippen LogP) is 3.14. The van der Waals surface area contributed by atoms with E-state index in [-0.39, 0.29) is 16.9 Å². The van der Waals surface area contributed by atoms with Gasteiger partial charge in [0, 0.05) is 6.04 Å². The van der Waals surface area contributed by atoms with Gasteiger partial charge in [-0.15, -0.1) is 0 Å². The molecule has 0 radical (unpaired) electrons. The van der Waals surface area contributed by atoms with E-state index < -0.39 is 5.92 Å². The molecule has 1 fully saturated rings. The first-order valence-corrected chi connectivity index (χ1v) is 8.17. The third kappa shape index (κ3) is 4.27. The number of amides is 1. The number of rotatable bonds is 5. The number of carbonyl (C=O) groups is 1. The molecule has 2 rings (SSSR count). The smallest absolute Gasteiger partial charge is 0.234 e. The molecular weight excluding hydrogens is 280 g/mol. The average Bonchev–Trinajstić information content (AvgIpc) is 2.48. The topological polar surface area (TPSA) is 55.1 Å². The van der Waals surface area contributed by atoms with Crippen LogP contribution in [0.4, 0.5) is 0 Å². The molecule has 4 heteroatoms. The van der Waals surface area contributed by atoms with Gasteiger partial charge < -0.3 is 11.1 Å². The quantitative estimate of drug-likeness (QED) is 0.822. The van der Waals surface area contributed by atoms with Crippen molar-refractivity contribution in [1.82, 2.24) is 5.32 Å². The first kappa shape index (κ1) is 16.0. The van der Waals surface area contributed by atoms with Crippen molar-refractivity contribution in [3.8, 4) is 0 Å². The third-order valence-electron chi connectivity index (χ3n) is 4.39. The van der Waals surface area contributed by atoms with Gasteiger partial charge in [0.05, 0.1) is 4.99 Å². The van der Waals surface area contributed by atoms with Crippen LogP contribution in [0, 0.1) is 5.92 Å². The maximum absolute atomic E-state index is 12.6. The zero-order chi connectivity index (χ0) is 15.2. The molecule has 3 nitrogen and oxygen atoms in total. The Kier molecular flexibility index (Phi) is 5.74. The van der Waals surface area contributed by atoms with Crippen molar-refractivity contribution in [3.05, 3.63) is 35.9 Å². The maximum atomic E-state index is 12.6. The minimum atomic E-state index is -0.525.